The highest BCUT2D eigenvalue weighted by atomic mass is 32.1. The zero-order valence-corrected chi connectivity index (χ0v) is 10.1. The molecule has 0 bridgehead atoms. The number of nitrogens with one attached hydrogen (secondary N) is 1. The molecule has 3 nitrogen and oxygen atoms in total. The van der Waals surface area contributed by atoms with E-state index in [9.17, 15) is 0 Å². The fourth-order valence-electron chi connectivity index (χ4n) is 1.47. The zero-order chi connectivity index (χ0) is 11.4. The first-order valence-corrected chi connectivity index (χ1v) is 6.17. The van der Waals surface area contributed by atoms with Gasteiger partial charge in [-0.25, -0.2) is 4.98 Å². The minimum Gasteiger partial charge on any atom is -0.396 e. The third-order valence-electron chi connectivity index (χ3n) is 2.49. The molecule has 0 saturated carbocycles. The van der Waals surface area contributed by atoms with Crippen LogP contribution in [0.15, 0.2) is 29.1 Å². The Morgan fingerprint density at radius 1 is 1.44 bits per heavy atom. The number of pyridine rings is 1. The van der Waals surface area contributed by atoms with Crippen molar-refractivity contribution in [1.29, 1.82) is 0 Å². The van der Waals surface area contributed by atoms with Gasteiger partial charge in [-0.3, -0.25) is 0 Å². The van der Waals surface area contributed by atoms with Crippen LogP contribution in [0.3, 0.4) is 0 Å². The van der Waals surface area contributed by atoms with E-state index in [-0.39, 0.29) is 0 Å². The van der Waals surface area contributed by atoms with Crippen molar-refractivity contribution in [3.63, 3.8) is 0 Å². The number of hydrogen-bond donors (Lipinski definition) is 2. The first kappa shape index (κ1) is 11.0. The van der Waals surface area contributed by atoms with Gasteiger partial charge in [0.25, 0.3) is 0 Å². The second-order valence-corrected chi connectivity index (χ2v) is 4.48. The molecular weight excluding hydrogens is 218 g/mol. The summed E-state index contributed by atoms with van der Waals surface area (Å²) in [7, 11) is 0. The molecule has 0 unspecified atom stereocenters. The topological polar surface area (TPSA) is 50.9 Å². The van der Waals surface area contributed by atoms with E-state index in [1.54, 1.807) is 17.5 Å². The summed E-state index contributed by atoms with van der Waals surface area (Å²) in [4.78, 5) is 4.22. The van der Waals surface area contributed by atoms with E-state index < -0.39 is 0 Å². The van der Waals surface area contributed by atoms with Crippen molar-refractivity contribution in [1.82, 2.24) is 4.98 Å². The summed E-state index contributed by atoms with van der Waals surface area (Å²) in [6.07, 6.45) is 2.77. The maximum atomic E-state index is 5.92. The Balaban J connectivity index is 1.92. The average Bonchev–Trinajstić information content (AvgIpc) is 2.77. The molecule has 2 aromatic rings. The maximum Gasteiger partial charge on any atom is 0.149 e. The number of aryl methyl sites for hydroxylation is 1. The molecule has 0 radical (unpaired) electrons. The van der Waals surface area contributed by atoms with E-state index in [0.717, 1.165) is 30.0 Å². The molecule has 0 aliphatic heterocycles. The number of rotatable bonds is 4. The molecule has 84 valence electrons. The van der Waals surface area contributed by atoms with Crippen molar-refractivity contribution in [3.05, 3.63) is 40.2 Å². The molecule has 2 aromatic heterocycles. The molecule has 0 atom stereocenters. The highest BCUT2D eigenvalue weighted by Crippen LogP contribution is 2.18. The molecule has 0 amide bonds. The lowest BCUT2D eigenvalue weighted by Crippen LogP contribution is -2.08. The van der Waals surface area contributed by atoms with Crippen molar-refractivity contribution in [3.8, 4) is 0 Å². The Morgan fingerprint density at radius 3 is 3.06 bits per heavy atom. The van der Waals surface area contributed by atoms with Gasteiger partial charge in [-0.2, -0.15) is 11.3 Å². The van der Waals surface area contributed by atoms with E-state index in [0.29, 0.717) is 0 Å². The molecule has 0 aliphatic rings. The van der Waals surface area contributed by atoms with Crippen molar-refractivity contribution in [2.45, 2.75) is 13.3 Å². The molecule has 0 spiro atoms. The monoisotopic (exact) mass is 233 g/mol. The first-order chi connectivity index (χ1) is 7.77. The zero-order valence-electron chi connectivity index (χ0n) is 9.23. The number of aromatic nitrogens is 1. The number of nitrogen functional groups attached to an aromatic ring is 1. The lowest BCUT2D eigenvalue weighted by molar-refractivity contribution is 1.01. The minimum absolute atomic E-state index is 0.743. The fraction of sp³-hybridized carbons (Fsp3) is 0.250. The van der Waals surface area contributed by atoms with Crippen LogP contribution in [0.2, 0.25) is 0 Å². The van der Waals surface area contributed by atoms with Gasteiger partial charge in [0.15, 0.2) is 0 Å². The Hall–Kier alpha value is -1.55. The quantitative estimate of drug-likeness (QED) is 0.853. The smallest absolute Gasteiger partial charge is 0.149 e. The Bertz CT molecular complexity index is 451. The van der Waals surface area contributed by atoms with Gasteiger partial charge in [-0.15, -0.1) is 0 Å². The van der Waals surface area contributed by atoms with Crippen molar-refractivity contribution < 1.29 is 0 Å². The Morgan fingerprint density at radius 2 is 2.31 bits per heavy atom. The van der Waals surface area contributed by atoms with Crippen LogP contribution in [-0.2, 0) is 6.42 Å². The third-order valence-corrected chi connectivity index (χ3v) is 3.23. The summed E-state index contributed by atoms with van der Waals surface area (Å²) in [5.41, 5.74) is 9.08. The van der Waals surface area contributed by atoms with E-state index in [1.165, 1.54) is 5.56 Å². The van der Waals surface area contributed by atoms with Gasteiger partial charge in [0.1, 0.15) is 5.82 Å². The van der Waals surface area contributed by atoms with Crippen LogP contribution in [0.1, 0.15) is 11.1 Å². The average molecular weight is 233 g/mol. The van der Waals surface area contributed by atoms with Crippen LogP contribution in [0.5, 0.6) is 0 Å². The third kappa shape index (κ3) is 2.52. The van der Waals surface area contributed by atoms with Crippen LogP contribution >= 0.6 is 11.3 Å². The second-order valence-electron chi connectivity index (χ2n) is 3.70. The summed E-state index contributed by atoms with van der Waals surface area (Å²) in [6.45, 7) is 2.85. The fourth-order valence-corrected chi connectivity index (χ4v) is 2.17. The number of nitrogens with zero attached hydrogens (tertiary/aromatic N) is 1. The van der Waals surface area contributed by atoms with E-state index in [4.69, 9.17) is 5.73 Å². The standard InChI is InChI=1S/C12H15N3S/c1-9-2-5-14-12(11(9)13)15-6-3-10-4-7-16-8-10/h2,4-5,7-8H,3,6,13H2,1H3,(H,14,15). The summed E-state index contributed by atoms with van der Waals surface area (Å²) >= 11 is 1.72. The second kappa shape index (κ2) is 4.99. The van der Waals surface area contributed by atoms with Gasteiger partial charge in [-0.1, -0.05) is 0 Å². The largest absolute Gasteiger partial charge is 0.396 e. The van der Waals surface area contributed by atoms with Crippen molar-refractivity contribution in [2.24, 2.45) is 0 Å². The van der Waals surface area contributed by atoms with E-state index in [2.05, 4.69) is 27.1 Å². The molecule has 0 aliphatic carbocycles. The van der Waals surface area contributed by atoms with Crippen molar-refractivity contribution >= 4 is 22.8 Å². The molecule has 2 rings (SSSR count). The lowest BCUT2D eigenvalue weighted by atomic mass is 10.2. The molecule has 4 heteroatoms. The molecule has 16 heavy (non-hydrogen) atoms. The molecule has 2 heterocycles. The Kier molecular flexibility index (Phi) is 3.41. The lowest BCUT2D eigenvalue weighted by Gasteiger charge is -2.09. The van der Waals surface area contributed by atoms with Gasteiger partial charge in [-0.05, 0) is 47.4 Å². The minimum atomic E-state index is 0.743. The number of nitrogens with two attached hydrogens (primary N) is 1. The summed E-state index contributed by atoms with van der Waals surface area (Å²) in [5, 5.41) is 7.51. The summed E-state index contributed by atoms with van der Waals surface area (Å²) in [6, 6.07) is 4.05. The van der Waals surface area contributed by atoms with Gasteiger partial charge >= 0.3 is 0 Å². The normalized spacial score (nSPS) is 10.3. The van der Waals surface area contributed by atoms with Gasteiger partial charge in [0.05, 0.1) is 5.69 Å². The molecule has 0 saturated heterocycles. The van der Waals surface area contributed by atoms with Gasteiger partial charge < -0.3 is 11.1 Å². The molecule has 3 N–H and O–H groups in total. The number of hydrogen-bond acceptors (Lipinski definition) is 4. The highest BCUT2D eigenvalue weighted by Gasteiger charge is 2.02. The van der Waals surface area contributed by atoms with Gasteiger partial charge in [0.2, 0.25) is 0 Å². The molecular formula is C12H15N3S. The predicted molar refractivity (Wildman–Crippen MR) is 69.9 cm³/mol. The van der Waals surface area contributed by atoms with Crippen molar-refractivity contribution in [2.75, 3.05) is 17.6 Å². The maximum absolute atomic E-state index is 5.92. The van der Waals surface area contributed by atoms with Crippen LogP contribution in [0, 0.1) is 6.92 Å². The Labute approximate surface area is 99.3 Å². The number of thiophene rings is 1. The van der Waals surface area contributed by atoms with Crippen LogP contribution in [0.25, 0.3) is 0 Å². The number of anilines is 2. The SMILES string of the molecule is Cc1ccnc(NCCc2ccsc2)c1N. The summed E-state index contributed by atoms with van der Waals surface area (Å²) < 4.78 is 0. The summed E-state index contributed by atoms with van der Waals surface area (Å²) in [5.74, 6) is 0.787. The molecule has 0 aromatic carbocycles. The van der Waals surface area contributed by atoms with Crippen LogP contribution in [0.4, 0.5) is 11.5 Å². The highest BCUT2D eigenvalue weighted by molar-refractivity contribution is 7.07. The molecule has 0 fully saturated rings. The van der Waals surface area contributed by atoms with E-state index >= 15 is 0 Å². The van der Waals surface area contributed by atoms with Crippen LogP contribution in [-0.4, -0.2) is 11.5 Å². The predicted octanol–water partition coefficient (Wildman–Crippen LogP) is 2.69. The van der Waals surface area contributed by atoms with Crippen LogP contribution < -0.4 is 11.1 Å². The van der Waals surface area contributed by atoms with Gasteiger partial charge in [0, 0.05) is 12.7 Å². The van der Waals surface area contributed by atoms with E-state index in [1.807, 2.05) is 13.0 Å². The first-order valence-electron chi connectivity index (χ1n) is 5.23.